The molecule has 0 N–H and O–H groups in total. The highest BCUT2D eigenvalue weighted by atomic mass is 32.2. The van der Waals surface area contributed by atoms with Crippen LogP contribution in [-0.2, 0) is 4.79 Å². The van der Waals surface area contributed by atoms with Crippen molar-refractivity contribution in [2.24, 2.45) is 0 Å². The minimum Gasteiger partial charge on any atom is -0.337 e. The van der Waals surface area contributed by atoms with Gasteiger partial charge in [0.1, 0.15) is 0 Å². The highest BCUT2D eigenvalue weighted by Gasteiger charge is 2.24. The van der Waals surface area contributed by atoms with Crippen molar-refractivity contribution in [2.45, 2.75) is 57.8 Å². The monoisotopic (exact) mass is 402 g/mol. The molecule has 0 fully saturated rings. The van der Waals surface area contributed by atoms with Gasteiger partial charge in [-0.1, -0.05) is 55.9 Å². The summed E-state index contributed by atoms with van der Waals surface area (Å²) < 4.78 is 2.05. The van der Waals surface area contributed by atoms with Crippen LogP contribution in [-0.4, -0.2) is 43.2 Å². The molecule has 0 aliphatic rings. The number of thioether (sulfide) groups is 1. The first kappa shape index (κ1) is 19.9. The number of fused-ring (bicyclic) bond motifs is 1. The number of thiazole rings is 1. The fourth-order valence-corrected chi connectivity index (χ4v) is 4.83. The summed E-state index contributed by atoms with van der Waals surface area (Å²) in [7, 11) is 0. The Labute approximate surface area is 168 Å². The van der Waals surface area contributed by atoms with E-state index in [4.69, 9.17) is 0 Å². The Kier molecular flexibility index (Phi) is 6.55. The highest BCUT2D eigenvalue weighted by Crippen LogP contribution is 2.30. The lowest BCUT2D eigenvalue weighted by molar-refractivity contribution is -0.132. The maximum Gasteiger partial charge on any atom is 0.233 e. The van der Waals surface area contributed by atoms with Crippen molar-refractivity contribution < 1.29 is 4.79 Å². The van der Waals surface area contributed by atoms with Crippen LogP contribution in [0.1, 0.15) is 40.5 Å². The van der Waals surface area contributed by atoms with Gasteiger partial charge in [-0.15, -0.1) is 21.5 Å². The summed E-state index contributed by atoms with van der Waals surface area (Å²) in [4.78, 5) is 15.8. The third kappa shape index (κ3) is 4.19. The number of nitrogens with zero attached hydrogens (tertiary/aromatic N) is 4. The molecule has 27 heavy (non-hydrogen) atoms. The summed E-state index contributed by atoms with van der Waals surface area (Å²) in [5.74, 6) is 0.538. The molecular weight excluding hydrogens is 376 g/mol. The summed E-state index contributed by atoms with van der Waals surface area (Å²) in [6, 6.07) is 10.7. The molecular formula is C20H26N4OS2. The Morgan fingerprint density at radius 1 is 1.15 bits per heavy atom. The Bertz CT molecular complexity index is 880. The predicted molar refractivity (Wildman–Crippen MR) is 113 cm³/mol. The number of hydrogen-bond acceptors (Lipinski definition) is 5. The third-order valence-corrected chi connectivity index (χ3v) is 6.66. The Hall–Kier alpha value is -1.86. The summed E-state index contributed by atoms with van der Waals surface area (Å²) in [5, 5.41) is 11.5. The van der Waals surface area contributed by atoms with Gasteiger partial charge in [-0.3, -0.25) is 9.20 Å². The van der Waals surface area contributed by atoms with Gasteiger partial charge in [0.15, 0.2) is 5.16 Å². The summed E-state index contributed by atoms with van der Waals surface area (Å²) >= 11 is 3.03. The molecule has 0 spiro atoms. The minimum atomic E-state index is 0.164. The van der Waals surface area contributed by atoms with Crippen LogP contribution < -0.4 is 0 Å². The molecule has 1 aromatic carbocycles. The van der Waals surface area contributed by atoms with Gasteiger partial charge in [-0.05, 0) is 32.3 Å². The second kappa shape index (κ2) is 8.89. The van der Waals surface area contributed by atoms with E-state index in [1.54, 1.807) is 11.3 Å². The van der Waals surface area contributed by atoms with E-state index in [0.29, 0.717) is 5.75 Å². The van der Waals surface area contributed by atoms with Crippen molar-refractivity contribution in [1.82, 2.24) is 19.5 Å². The summed E-state index contributed by atoms with van der Waals surface area (Å²) in [5.41, 5.74) is 2.19. The van der Waals surface area contributed by atoms with Gasteiger partial charge >= 0.3 is 0 Å². The van der Waals surface area contributed by atoms with Crippen molar-refractivity contribution >= 4 is 34.0 Å². The van der Waals surface area contributed by atoms with Gasteiger partial charge in [-0.25, -0.2) is 0 Å². The van der Waals surface area contributed by atoms with E-state index < -0.39 is 0 Å². The molecule has 1 amide bonds. The van der Waals surface area contributed by atoms with Crippen LogP contribution in [0.2, 0.25) is 0 Å². The lowest BCUT2D eigenvalue weighted by Gasteiger charge is -2.33. The van der Waals surface area contributed by atoms with Crippen molar-refractivity contribution in [1.29, 1.82) is 0 Å². The van der Waals surface area contributed by atoms with Crippen LogP contribution >= 0.6 is 23.1 Å². The quantitative estimate of drug-likeness (QED) is 0.499. The van der Waals surface area contributed by atoms with Gasteiger partial charge in [0.05, 0.1) is 11.4 Å². The van der Waals surface area contributed by atoms with Gasteiger partial charge in [0.2, 0.25) is 10.9 Å². The summed E-state index contributed by atoms with van der Waals surface area (Å²) in [6.45, 7) is 8.49. The number of hydrogen-bond donors (Lipinski definition) is 0. The van der Waals surface area contributed by atoms with Gasteiger partial charge in [-0.2, -0.15) is 0 Å². The van der Waals surface area contributed by atoms with Crippen LogP contribution in [0.3, 0.4) is 0 Å². The number of amides is 1. The molecule has 0 aliphatic carbocycles. The second-order valence-electron chi connectivity index (χ2n) is 6.69. The molecule has 7 heteroatoms. The van der Waals surface area contributed by atoms with E-state index in [9.17, 15) is 4.79 Å². The van der Waals surface area contributed by atoms with E-state index in [1.165, 1.54) is 11.8 Å². The Balaban J connectivity index is 1.81. The van der Waals surface area contributed by atoms with Gasteiger partial charge in [0.25, 0.3) is 0 Å². The predicted octanol–water partition coefficient (Wildman–Crippen LogP) is 4.98. The topological polar surface area (TPSA) is 50.5 Å². The first-order valence-corrected chi connectivity index (χ1v) is 11.2. The number of aromatic nitrogens is 3. The lowest BCUT2D eigenvalue weighted by Crippen LogP contribution is -2.45. The normalized spacial score (nSPS) is 13.6. The molecule has 2 atom stereocenters. The zero-order valence-electron chi connectivity index (χ0n) is 16.3. The fourth-order valence-electron chi connectivity index (χ4n) is 3.12. The van der Waals surface area contributed by atoms with Crippen molar-refractivity contribution in [3.63, 3.8) is 0 Å². The Morgan fingerprint density at radius 3 is 2.44 bits per heavy atom. The van der Waals surface area contributed by atoms with Crippen LogP contribution in [0.4, 0.5) is 0 Å². The minimum absolute atomic E-state index is 0.164. The van der Waals surface area contributed by atoms with E-state index in [2.05, 4.69) is 59.8 Å². The highest BCUT2D eigenvalue weighted by molar-refractivity contribution is 7.99. The SMILES string of the molecule is CCC(C)N(C(=O)CSc1nnc2scc(-c3ccccc3)n12)C(C)CC. The van der Waals surface area contributed by atoms with Gasteiger partial charge in [0, 0.05) is 17.5 Å². The molecule has 0 bridgehead atoms. The molecule has 2 aromatic heterocycles. The first-order valence-electron chi connectivity index (χ1n) is 9.38. The molecule has 0 saturated carbocycles. The number of carbonyl (C=O) groups excluding carboxylic acids is 1. The smallest absolute Gasteiger partial charge is 0.233 e. The van der Waals surface area contributed by atoms with Crippen molar-refractivity contribution in [3.05, 3.63) is 35.7 Å². The zero-order valence-corrected chi connectivity index (χ0v) is 17.9. The second-order valence-corrected chi connectivity index (χ2v) is 8.47. The molecule has 3 rings (SSSR count). The van der Waals surface area contributed by atoms with E-state index in [-0.39, 0.29) is 18.0 Å². The number of carbonyl (C=O) groups is 1. The molecule has 144 valence electrons. The fraction of sp³-hybridized carbons (Fsp3) is 0.450. The van der Waals surface area contributed by atoms with Crippen LogP contribution in [0, 0.1) is 0 Å². The van der Waals surface area contributed by atoms with Crippen molar-refractivity contribution in [2.75, 3.05) is 5.75 Å². The maximum absolute atomic E-state index is 12.9. The first-order chi connectivity index (χ1) is 13.1. The Morgan fingerprint density at radius 2 is 1.81 bits per heavy atom. The number of benzene rings is 1. The molecule has 5 nitrogen and oxygen atoms in total. The third-order valence-electron chi connectivity index (χ3n) is 4.93. The molecule has 0 radical (unpaired) electrons. The van der Waals surface area contributed by atoms with Crippen LogP contribution in [0.25, 0.3) is 16.2 Å². The molecule has 3 aromatic rings. The molecule has 2 heterocycles. The van der Waals surface area contributed by atoms with Crippen LogP contribution in [0.15, 0.2) is 40.9 Å². The maximum atomic E-state index is 12.9. The molecule has 2 unspecified atom stereocenters. The number of rotatable bonds is 8. The van der Waals surface area contributed by atoms with Crippen LogP contribution in [0.5, 0.6) is 0 Å². The van der Waals surface area contributed by atoms with E-state index in [0.717, 1.165) is 34.2 Å². The zero-order chi connectivity index (χ0) is 19.4. The average molecular weight is 403 g/mol. The van der Waals surface area contributed by atoms with E-state index >= 15 is 0 Å². The standard InChI is InChI=1S/C20H26N4OS2/c1-5-14(3)23(15(4)6-2)18(25)13-27-20-22-21-19-24(20)17(12-26-19)16-10-8-7-9-11-16/h7-12,14-15H,5-6,13H2,1-4H3. The lowest BCUT2D eigenvalue weighted by atomic mass is 10.1. The molecule has 0 aliphatic heterocycles. The average Bonchev–Trinajstić information content (AvgIpc) is 3.29. The van der Waals surface area contributed by atoms with E-state index in [1.807, 2.05) is 23.1 Å². The summed E-state index contributed by atoms with van der Waals surface area (Å²) in [6.07, 6.45) is 1.91. The van der Waals surface area contributed by atoms with Gasteiger partial charge < -0.3 is 4.90 Å². The largest absolute Gasteiger partial charge is 0.337 e. The van der Waals surface area contributed by atoms with Crippen molar-refractivity contribution in [3.8, 4) is 11.3 Å². The molecule has 0 saturated heterocycles.